The number of rotatable bonds is 24. The Hall–Kier alpha value is -12.8. The minimum atomic E-state index is -1.92. The standard InChI is InChI=1S/C87H122N20O22S/c1-9-11-22-66-80(122)96-58(32-46(3)4)76(118)102-65(75(117)93-41-71(90)112)44-130-45-72(113)94-60(33-48-25-27-51(109)28-26-48)83(125)103(6)47(5)74(116)98-62(37-70(89)111)86(128)106-31-17-24-67(106)81(123)100-63(38-88)78(120)95-57(29-30-73(114)115)85(127)107-42-52(110)36-69(107)82(124)97-59(34-49-39-91-55-20-15-13-18-53(49)55)77(119)101-64(43-108)79(121)99-61(35-50-40-92-56-21-16-14-19-54(50)56)84(126)105(8)68(23-12-10-2)87(129)104(66)7/h13-16,18-21,25-28,39-40,46-47,52,57-69,91-92,108-110H,9-12,17,22-24,29-38,41-45,88H2,1-8H3,(H2,89,111)(H2,90,112)(H,93,117)(H,94,113)(H,95,120)(H,96,122)(H,97,124)(H,98,116)(H,99,121)(H,100,123)(H,101,119)(H,102,118)(H,114,115)/t47-,52+,57-,58-,59-,60-,61-,62-,63-,64-,65-,66-,67-,68-,69-/m0/s1. The van der Waals surface area contributed by atoms with E-state index in [9.17, 15) is 73.2 Å². The fraction of sp³-hybridized carbons (Fsp3) is 0.540. The number of fused-ring (bicyclic) bond motifs is 4. The molecule has 130 heavy (non-hydrogen) atoms. The number of thioether (sulfide) groups is 1. The molecular weight excluding hydrogens is 1710 g/mol. The van der Waals surface area contributed by atoms with Crippen molar-refractivity contribution in [3.8, 4) is 5.75 Å². The van der Waals surface area contributed by atoms with E-state index in [4.69, 9.17) is 17.2 Å². The summed E-state index contributed by atoms with van der Waals surface area (Å²) < 4.78 is 0. The maximum absolute atomic E-state index is 15.7. The predicted octanol–water partition coefficient (Wildman–Crippen LogP) is -3.33. The summed E-state index contributed by atoms with van der Waals surface area (Å²) in [5.74, 6) is -19.7. The number of unbranched alkanes of at least 4 members (excludes halogenated alkanes) is 2. The first-order valence-electron chi connectivity index (χ1n) is 43.4. The van der Waals surface area contributed by atoms with Gasteiger partial charge in [-0.3, -0.25) is 86.3 Å². The van der Waals surface area contributed by atoms with Crippen molar-refractivity contribution in [1.29, 1.82) is 0 Å². The molecule has 0 aliphatic carbocycles. The monoisotopic (exact) mass is 1830 g/mol. The van der Waals surface area contributed by atoms with Crippen LogP contribution in [0.2, 0.25) is 0 Å². The molecule has 2 aromatic heterocycles. The molecule has 3 aliphatic heterocycles. The Balaban J connectivity index is 1.18. The molecule has 43 heteroatoms. The third-order valence-corrected chi connectivity index (χ3v) is 24.3. The number of aliphatic hydroxyl groups is 2. The number of primary amides is 2. The van der Waals surface area contributed by atoms with Crippen molar-refractivity contribution >= 4 is 140 Å². The number of aromatic nitrogens is 2. The van der Waals surface area contributed by atoms with Gasteiger partial charge in [0.05, 0.1) is 31.4 Å². The number of para-hydroxylation sites is 2. The van der Waals surface area contributed by atoms with E-state index < -0.39 is 261 Å². The number of hydrogen-bond acceptors (Lipinski definition) is 23. The molecule has 22 N–H and O–H groups in total. The fourth-order valence-electron chi connectivity index (χ4n) is 15.9. The Labute approximate surface area is 755 Å². The van der Waals surface area contributed by atoms with Gasteiger partial charge in [-0.2, -0.15) is 0 Å². The SMILES string of the molecule is CCCC[C@H]1C(=O)N(C)[C@@H](CCCC)C(=O)N[C@@H](CC(C)C)C(=O)N[C@H](C(=O)NCC(N)=O)CSCC(=O)N[C@@H](Cc2ccc(O)cc2)C(=O)N(C)[C@@H](C)C(=O)N[C@@H](CC(N)=O)C(=O)N2CCC[C@H]2C(=O)N[C@@H](CN)C(=O)N[C@@H](CCC(=O)O)C(=O)N2C[C@H](O)C[C@H]2C(=O)N[C@@H](Cc2c[nH]c3ccccc23)C(=O)N[C@@H](CO)C(=O)N[C@@H](Cc2c[nH]c3ccccc23)C(=O)N1C. The summed E-state index contributed by atoms with van der Waals surface area (Å²) >= 11 is 0.780. The summed E-state index contributed by atoms with van der Waals surface area (Å²) in [6.45, 7) is 5.14. The zero-order valence-corrected chi connectivity index (χ0v) is 74.9. The predicted molar refractivity (Wildman–Crippen MR) is 474 cm³/mol. The van der Waals surface area contributed by atoms with E-state index in [0.29, 0.717) is 64.2 Å². The number of aliphatic hydroxyl groups excluding tert-OH is 2. The zero-order chi connectivity index (χ0) is 95.5. The number of carboxylic acids is 1. The zero-order valence-electron chi connectivity index (χ0n) is 74.1. The van der Waals surface area contributed by atoms with Crippen molar-refractivity contribution in [1.82, 2.24) is 87.6 Å². The Kier molecular flexibility index (Phi) is 38.4. The van der Waals surface area contributed by atoms with E-state index in [1.165, 1.54) is 52.3 Å². The first-order chi connectivity index (χ1) is 61.8. The van der Waals surface area contributed by atoms with Crippen LogP contribution in [0.4, 0.5) is 0 Å². The number of carbonyl (C=O) groups excluding carboxylic acids is 17. The minimum absolute atomic E-state index is 0.000772. The van der Waals surface area contributed by atoms with Crippen molar-refractivity contribution in [2.45, 2.75) is 228 Å². The second kappa shape index (κ2) is 48.6. The molecule has 5 aromatic rings. The van der Waals surface area contributed by atoms with Gasteiger partial charge < -0.3 is 125 Å². The third kappa shape index (κ3) is 28.1. The van der Waals surface area contributed by atoms with Crippen molar-refractivity contribution in [3.05, 3.63) is 102 Å². The number of nitrogens with one attached hydrogen (secondary N) is 12. The number of nitrogens with zero attached hydrogens (tertiary/aromatic N) is 5. The van der Waals surface area contributed by atoms with Crippen LogP contribution in [0.3, 0.4) is 0 Å². The maximum atomic E-state index is 15.7. The Morgan fingerprint density at radius 2 is 1.06 bits per heavy atom. The summed E-state index contributed by atoms with van der Waals surface area (Å²) in [7, 11) is 3.90. The molecule has 3 aromatic carbocycles. The highest BCUT2D eigenvalue weighted by atomic mass is 32.2. The van der Waals surface area contributed by atoms with Crippen LogP contribution in [0.15, 0.2) is 85.2 Å². The quantitative estimate of drug-likeness (QED) is 0.0287. The molecule has 708 valence electrons. The van der Waals surface area contributed by atoms with Crippen LogP contribution in [0.1, 0.15) is 135 Å². The van der Waals surface area contributed by atoms with E-state index >= 15 is 33.6 Å². The van der Waals surface area contributed by atoms with Gasteiger partial charge in [-0.25, -0.2) is 0 Å². The summed E-state index contributed by atoms with van der Waals surface area (Å²) in [5.41, 5.74) is 19.7. The molecule has 42 nitrogen and oxygen atoms in total. The molecule has 8 rings (SSSR count). The molecule has 3 fully saturated rings. The molecule has 3 aliphatic rings. The van der Waals surface area contributed by atoms with Crippen LogP contribution < -0.4 is 70.4 Å². The van der Waals surface area contributed by atoms with Gasteiger partial charge in [0.25, 0.3) is 0 Å². The molecule has 17 amide bonds. The van der Waals surface area contributed by atoms with Gasteiger partial charge >= 0.3 is 5.97 Å². The number of H-pyrrole nitrogens is 2. The molecule has 15 atom stereocenters. The van der Waals surface area contributed by atoms with E-state index in [-0.39, 0.29) is 69.6 Å². The number of phenolic OH excluding ortho intramolecular Hbond substituents is 1. The number of carboxylic acid groups (broad SMARTS) is 1. The van der Waals surface area contributed by atoms with Gasteiger partial charge in [0.2, 0.25) is 100 Å². The van der Waals surface area contributed by atoms with Crippen LogP contribution in [-0.4, -0.2) is 317 Å². The van der Waals surface area contributed by atoms with Crippen molar-refractivity contribution < 1.29 is 107 Å². The molecule has 0 saturated carbocycles. The highest BCUT2D eigenvalue weighted by Crippen LogP contribution is 2.28. The largest absolute Gasteiger partial charge is 0.508 e. The number of likely N-dealkylation sites (N-methyl/N-ethyl adjacent to an activating group) is 3. The summed E-state index contributed by atoms with van der Waals surface area (Å²) in [6, 6.07) is -3.07. The molecule has 0 radical (unpaired) electrons. The Bertz CT molecular complexity index is 4910. The van der Waals surface area contributed by atoms with Gasteiger partial charge in [0.1, 0.15) is 90.3 Å². The van der Waals surface area contributed by atoms with Crippen LogP contribution in [0, 0.1) is 5.92 Å². The highest BCUT2D eigenvalue weighted by molar-refractivity contribution is 8.00. The number of nitrogens with two attached hydrogens (primary N) is 3. The average molecular weight is 1830 g/mol. The topological polar surface area (TPSA) is 634 Å². The number of phenols is 1. The summed E-state index contributed by atoms with van der Waals surface area (Å²) in [6.07, 6.45) is -0.295. The normalized spacial score (nSPS) is 25.3. The molecule has 5 heterocycles. The second-order valence-corrected chi connectivity index (χ2v) is 34.4. The number of aromatic hydroxyl groups is 1. The molecule has 0 unspecified atom stereocenters. The average Bonchev–Trinajstić information content (AvgIpc) is 1.56. The number of hydrogen-bond donors (Lipinski definition) is 19. The molecule has 0 spiro atoms. The van der Waals surface area contributed by atoms with Crippen molar-refractivity contribution in [2.75, 3.05) is 65.4 Å². The lowest BCUT2D eigenvalue weighted by Crippen LogP contribution is -2.62. The van der Waals surface area contributed by atoms with Gasteiger partial charge in [-0.1, -0.05) is 102 Å². The minimum Gasteiger partial charge on any atom is -0.508 e. The lowest BCUT2D eigenvalue weighted by molar-refractivity contribution is -0.149. The highest BCUT2D eigenvalue weighted by Gasteiger charge is 2.47. The number of amides is 17. The lowest BCUT2D eigenvalue weighted by Gasteiger charge is -2.36. The van der Waals surface area contributed by atoms with Crippen molar-refractivity contribution in [3.63, 3.8) is 0 Å². The summed E-state index contributed by atoms with van der Waals surface area (Å²) in [5, 5.41) is 69.5. The van der Waals surface area contributed by atoms with E-state index in [1.807, 2.05) is 13.8 Å². The lowest BCUT2D eigenvalue weighted by atomic mass is 9.99. The summed E-state index contributed by atoms with van der Waals surface area (Å²) in [4.78, 5) is 271. The van der Waals surface area contributed by atoms with Crippen molar-refractivity contribution in [2.24, 2.45) is 23.1 Å². The first-order valence-corrected chi connectivity index (χ1v) is 44.6. The number of benzene rings is 3. The molecule has 3 saturated heterocycles. The Morgan fingerprint density at radius 3 is 1.65 bits per heavy atom. The molecule has 0 bridgehead atoms. The smallest absolute Gasteiger partial charge is 0.303 e. The number of aromatic amines is 2. The fourth-order valence-corrected chi connectivity index (χ4v) is 16.8. The van der Waals surface area contributed by atoms with Crippen LogP contribution in [0.25, 0.3) is 21.8 Å². The van der Waals surface area contributed by atoms with E-state index in [0.717, 1.165) is 36.3 Å². The van der Waals surface area contributed by atoms with Crippen LogP contribution >= 0.6 is 11.8 Å². The molecular formula is C87H122N20O22S. The Morgan fingerprint density at radius 1 is 0.546 bits per heavy atom. The van der Waals surface area contributed by atoms with Gasteiger partial charge in [-0.15, -0.1) is 11.8 Å². The second-order valence-electron chi connectivity index (χ2n) is 33.4. The van der Waals surface area contributed by atoms with Crippen LogP contribution in [-0.2, 0) is 106 Å². The van der Waals surface area contributed by atoms with Gasteiger partial charge in [-0.05, 0) is 92.3 Å². The third-order valence-electron chi connectivity index (χ3n) is 23.2. The van der Waals surface area contributed by atoms with Crippen LogP contribution in [0.5, 0.6) is 5.75 Å². The maximum Gasteiger partial charge on any atom is 0.303 e. The first kappa shape index (κ1) is 103. The number of carbonyl (C=O) groups is 18. The van der Waals surface area contributed by atoms with E-state index in [2.05, 4.69) is 63.1 Å². The van der Waals surface area contributed by atoms with E-state index in [1.54, 1.807) is 74.8 Å². The van der Waals surface area contributed by atoms with Gasteiger partial charge in [0.15, 0.2) is 0 Å². The van der Waals surface area contributed by atoms with Gasteiger partial charge in [0, 0.05) is 113 Å². The number of aliphatic carboxylic acids is 1.